The third-order valence-corrected chi connectivity index (χ3v) is 4.78. The summed E-state index contributed by atoms with van der Waals surface area (Å²) in [5.41, 5.74) is 1.65. The lowest BCUT2D eigenvalue weighted by molar-refractivity contribution is -0.129. The van der Waals surface area contributed by atoms with Crippen molar-refractivity contribution in [2.75, 3.05) is 13.1 Å². The van der Waals surface area contributed by atoms with Crippen molar-refractivity contribution < 1.29 is 9.59 Å². The predicted molar refractivity (Wildman–Crippen MR) is 104 cm³/mol. The Bertz CT molecular complexity index is 975. The molecule has 3 aromatic rings. The second kappa shape index (κ2) is 8.59. The maximum Gasteiger partial charge on any atom is 0.225 e. The summed E-state index contributed by atoms with van der Waals surface area (Å²) in [4.78, 5) is 39.1. The summed E-state index contributed by atoms with van der Waals surface area (Å²) in [6.07, 6.45) is 5.84. The van der Waals surface area contributed by atoms with Gasteiger partial charge in [-0.3, -0.25) is 24.7 Å². The maximum absolute atomic E-state index is 12.4. The van der Waals surface area contributed by atoms with E-state index in [1.54, 1.807) is 23.5 Å². The van der Waals surface area contributed by atoms with Crippen LogP contribution in [-0.2, 0) is 22.6 Å². The summed E-state index contributed by atoms with van der Waals surface area (Å²) in [6.45, 7) is 1.26. The molecule has 1 atom stereocenters. The molecule has 0 aliphatic carbocycles. The number of rotatable bonds is 7. The molecule has 1 aliphatic rings. The number of nitrogens with one attached hydrogen (secondary N) is 2. The fourth-order valence-corrected chi connectivity index (χ4v) is 3.27. The van der Waals surface area contributed by atoms with Gasteiger partial charge in [0.1, 0.15) is 5.82 Å². The Morgan fingerprint density at radius 2 is 2.17 bits per heavy atom. The average Bonchev–Trinajstić information content (AvgIpc) is 3.37. The van der Waals surface area contributed by atoms with Crippen molar-refractivity contribution in [3.63, 3.8) is 0 Å². The second-order valence-electron chi connectivity index (χ2n) is 6.88. The van der Waals surface area contributed by atoms with Crippen LogP contribution in [-0.4, -0.2) is 55.0 Å². The van der Waals surface area contributed by atoms with Gasteiger partial charge in [0.25, 0.3) is 0 Å². The van der Waals surface area contributed by atoms with E-state index in [-0.39, 0.29) is 24.2 Å². The molecule has 148 valence electrons. The van der Waals surface area contributed by atoms with E-state index in [0.717, 1.165) is 11.3 Å². The monoisotopic (exact) mass is 391 g/mol. The Labute approximate surface area is 167 Å². The Kier molecular flexibility index (Phi) is 5.55. The first-order valence-electron chi connectivity index (χ1n) is 9.46. The summed E-state index contributed by atoms with van der Waals surface area (Å²) in [6, 6.07) is 9.30. The number of aromatic nitrogens is 5. The van der Waals surface area contributed by atoms with E-state index in [1.807, 2.05) is 30.3 Å². The van der Waals surface area contributed by atoms with Gasteiger partial charge in [-0.2, -0.15) is 5.10 Å². The molecule has 4 rings (SSSR count). The smallest absolute Gasteiger partial charge is 0.225 e. The molecule has 0 radical (unpaired) electrons. The molecule has 9 heteroatoms. The number of hydrogen-bond acceptors (Lipinski definition) is 6. The zero-order chi connectivity index (χ0) is 20.1. The molecule has 4 heterocycles. The average molecular weight is 391 g/mol. The zero-order valence-electron chi connectivity index (χ0n) is 15.8. The van der Waals surface area contributed by atoms with Gasteiger partial charge in [0.2, 0.25) is 11.8 Å². The molecule has 2 N–H and O–H groups in total. The highest BCUT2D eigenvalue weighted by molar-refractivity contribution is 5.89. The maximum atomic E-state index is 12.4. The minimum Gasteiger partial charge on any atom is -0.355 e. The van der Waals surface area contributed by atoms with Crippen molar-refractivity contribution in [1.29, 1.82) is 0 Å². The van der Waals surface area contributed by atoms with Gasteiger partial charge < -0.3 is 10.2 Å². The van der Waals surface area contributed by atoms with Gasteiger partial charge in [-0.1, -0.05) is 6.07 Å². The Morgan fingerprint density at radius 3 is 2.97 bits per heavy atom. The summed E-state index contributed by atoms with van der Waals surface area (Å²) < 4.78 is 0. The molecule has 0 bridgehead atoms. The summed E-state index contributed by atoms with van der Waals surface area (Å²) in [5, 5.41) is 9.95. The van der Waals surface area contributed by atoms with Gasteiger partial charge in [-0.05, 0) is 24.3 Å². The molecule has 2 amide bonds. The number of nitrogens with zero attached hydrogens (tertiary/aromatic N) is 5. The fraction of sp³-hybridized carbons (Fsp3) is 0.300. The second-order valence-corrected chi connectivity index (χ2v) is 6.88. The van der Waals surface area contributed by atoms with Crippen LogP contribution in [0.2, 0.25) is 0 Å². The molecule has 29 heavy (non-hydrogen) atoms. The normalized spacial score (nSPS) is 16.2. The number of carbonyl (C=O) groups excluding carboxylic acids is 2. The number of pyridine rings is 2. The molecule has 1 aliphatic heterocycles. The van der Waals surface area contributed by atoms with Crippen molar-refractivity contribution >= 4 is 11.8 Å². The third kappa shape index (κ3) is 4.63. The van der Waals surface area contributed by atoms with Gasteiger partial charge in [0, 0.05) is 50.1 Å². The van der Waals surface area contributed by atoms with Crippen molar-refractivity contribution in [1.82, 2.24) is 35.4 Å². The topological polar surface area (TPSA) is 117 Å². The molecule has 9 nitrogen and oxygen atoms in total. The number of likely N-dealkylation sites (tertiary alicyclic amines) is 1. The molecule has 1 fully saturated rings. The molecular weight excluding hydrogens is 370 g/mol. The molecule has 3 aromatic heterocycles. The van der Waals surface area contributed by atoms with E-state index in [0.29, 0.717) is 37.7 Å². The van der Waals surface area contributed by atoms with Crippen LogP contribution in [0.25, 0.3) is 11.4 Å². The van der Waals surface area contributed by atoms with Crippen LogP contribution in [0, 0.1) is 5.92 Å². The highest BCUT2D eigenvalue weighted by Crippen LogP contribution is 2.20. The number of amides is 2. The van der Waals surface area contributed by atoms with Crippen LogP contribution in [0.3, 0.4) is 0 Å². The van der Waals surface area contributed by atoms with Crippen molar-refractivity contribution in [2.45, 2.75) is 19.4 Å². The minimum atomic E-state index is -0.341. The fourth-order valence-electron chi connectivity index (χ4n) is 3.27. The van der Waals surface area contributed by atoms with E-state index >= 15 is 0 Å². The lowest BCUT2D eigenvalue weighted by Crippen LogP contribution is -2.34. The SMILES string of the molecule is O=C(NCCc1nc(-c2cccnc2)n[nH]1)[C@H]1CC(=O)N(Cc2ccccn2)C1. The van der Waals surface area contributed by atoms with Gasteiger partial charge in [-0.25, -0.2) is 4.98 Å². The van der Waals surface area contributed by atoms with Crippen LogP contribution >= 0.6 is 0 Å². The van der Waals surface area contributed by atoms with Crippen LogP contribution in [0.1, 0.15) is 17.9 Å². The lowest BCUT2D eigenvalue weighted by Gasteiger charge is -2.16. The van der Waals surface area contributed by atoms with Gasteiger partial charge in [0.15, 0.2) is 5.82 Å². The van der Waals surface area contributed by atoms with Gasteiger partial charge in [0.05, 0.1) is 18.2 Å². The molecule has 1 saturated heterocycles. The Morgan fingerprint density at radius 1 is 1.24 bits per heavy atom. The predicted octanol–water partition coefficient (Wildman–Crippen LogP) is 0.969. The Hall–Kier alpha value is -3.62. The van der Waals surface area contributed by atoms with E-state index in [2.05, 4.69) is 30.5 Å². The zero-order valence-corrected chi connectivity index (χ0v) is 15.8. The highest BCUT2D eigenvalue weighted by Gasteiger charge is 2.34. The summed E-state index contributed by atoms with van der Waals surface area (Å²) in [7, 11) is 0. The number of aromatic amines is 1. The van der Waals surface area contributed by atoms with E-state index in [9.17, 15) is 9.59 Å². The lowest BCUT2D eigenvalue weighted by atomic mass is 10.1. The van der Waals surface area contributed by atoms with Crippen LogP contribution in [0.5, 0.6) is 0 Å². The first-order valence-corrected chi connectivity index (χ1v) is 9.46. The first kappa shape index (κ1) is 18.7. The highest BCUT2D eigenvalue weighted by atomic mass is 16.2. The number of carbonyl (C=O) groups is 2. The third-order valence-electron chi connectivity index (χ3n) is 4.78. The summed E-state index contributed by atoms with van der Waals surface area (Å²) in [5.74, 6) is 0.780. The standard InChI is InChI=1S/C20H21N7O2/c28-18-10-15(12-27(18)13-16-5-1-2-8-22-16)20(29)23-9-6-17-24-19(26-25-17)14-4-3-7-21-11-14/h1-5,7-8,11,15H,6,9-10,12-13H2,(H,23,29)(H,24,25,26)/t15-/m0/s1. The molecule has 0 saturated carbocycles. The molecule has 0 spiro atoms. The van der Waals surface area contributed by atoms with Crippen LogP contribution < -0.4 is 5.32 Å². The number of hydrogen-bond donors (Lipinski definition) is 2. The van der Waals surface area contributed by atoms with E-state index < -0.39 is 0 Å². The van der Waals surface area contributed by atoms with E-state index in [4.69, 9.17) is 0 Å². The molecular formula is C20H21N7O2. The van der Waals surface area contributed by atoms with Crippen molar-refractivity contribution in [3.05, 3.63) is 60.4 Å². The summed E-state index contributed by atoms with van der Waals surface area (Å²) >= 11 is 0. The first-order chi connectivity index (χ1) is 14.2. The van der Waals surface area contributed by atoms with Crippen LogP contribution in [0.4, 0.5) is 0 Å². The number of H-pyrrole nitrogens is 1. The molecule has 0 aromatic carbocycles. The molecule has 0 unspecified atom stereocenters. The minimum absolute atomic E-state index is 0.0212. The van der Waals surface area contributed by atoms with Crippen LogP contribution in [0.15, 0.2) is 48.9 Å². The van der Waals surface area contributed by atoms with Gasteiger partial charge in [-0.15, -0.1) is 0 Å². The quantitative estimate of drug-likeness (QED) is 0.620. The van der Waals surface area contributed by atoms with Crippen molar-refractivity contribution in [3.8, 4) is 11.4 Å². The van der Waals surface area contributed by atoms with E-state index in [1.165, 1.54) is 0 Å². The van der Waals surface area contributed by atoms with Gasteiger partial charge >= 0.3 is 0 Å². The van der Waals surface area contributed by atoms with Crippen molar-refractivity contribution in [2.24, 2.45) is 5.92 Å². The largest absolute Gasteiger partial charge is 0.355 e. The Balaban J connectivity index is 1.25.